The number of hydrogen-bond acceptors (Lipinski definition) is 4. The summed E-state index contributed by atoms with van der Waals surface area (Å²) in [7, 11) is 1.29. The van der Waals surface area contributed by atoms with E-state index in [-0.39, 0.29) is 0 Å². The molecule has 76 valence electrons. The highest BCUT2D eigenvalue weighted by atomic mass is 16.5. The number of benzene rings is 1. The molecule has 0 heterocycles. The molecule has 1 aromatic rings. The Kier molecular flexibility index (Phi) is 3.48. The van der Waals surface area contributed by atoms with Gasteiger partial charge in [0.15, 0.2) is 6.04 Å². The van der Waals surface area contributed by atoms with Gasteiger partial charge < -0.3 is 4.74 Å². The second kappa shape index (κ2) is 4.62. The van der Waals surface area contributed by atoms with Gasteiger partial charge in [-0.1, -0.05) is 18.2 Å². The quantitative estimate of drug-likeness (QED) is 0.585. The molecule has 1 N–H and O–H groups in total. The maximum atomic E-state index is 11.1. The number of anilines is 1. The molecule has 14 heavy (non-hydrogen) atoms. The van der Waals surface area contributed by atoms with E-state index in [0.29, 0.717) is 5.69 Å². The van der Waals surface area contributed by atoms with Gasteiger partial charge in [-0.05, 0) is 19.1 Å². The first-order chi connectivity index (χ1) is 6.66. The van der Waals surface area contributed by atoms with Gasteiger partial charge in [-0.15, -0.1) is 0 Å². The van der Waals surface area contributed by atoms with Gasteiger partial charge in [0.25, 0.3) is 0 Å². The number of esters is 1. The fourth-order valence-corrected chi connectivity index (χ4v) is 1.07. The lowest BCUT2D eigenvalue weighted by molar-refractivity contribution is -0.143. The molecule has 0 radical (unpaired) electrons. The third kappa shape index (κ3) is 2.23. The van der Waals surface area contributed by atoms with Crippen molar-refractivity contribution in [2.45, 2.75) is 13.0 Å². The van der Waals surface area contributed by atoms with Crippen molar-refractivity contribution in [1.29, 1.82) is 0 Å². The van der Waals surface area contributed by atoms with Gasteiger partial charge in [0, 0.05) is 0 Å². The standard InChI is InChI=1S/C10H13NO3/c1-8(10(12)14-2)11(13)9-6-4-3-5-7-9/h3-8,13H,1-2H3. The molecule has 0 saturated heterocycles. The largest absolute Gasteiger partial charge is 0.467 e. The minimum atomic E-state index is -0.706. The normalized spacial score (nSPS) is 11.9. The number of hydroxylamine groups is 1. The molecule has 0 spiro atoms. The zero-order chi connectivity index (χ0) is 10.6. The Morgan fingerprint density at radius 3 is 2.50 bits per heavy atom. The van der Waals surface area contributed by atoms with E-state index in [2.05, 4.69) is 4.74 Å². The highest BCUT2D eigenvalue weighted by Crippen LogP contribution is 2.14. The van der Waals surface area contributed by atoms with E-state index in [1.807, 2.05) is 6.07 Å². The molecule has 1 rings (SSSR count). The number of methoxy groups -OCH3 is 1. The third-order valence-corrected chi connectivity index (χ3v) is 1.93. The molecule has 0 aliphatic rings. The van der Waals surface area contributed by atoms with Crippen molar-refractivity contribution in [1.82, 2.24) is 0 Å². The van der Waals surface area contributed by atoms with Crippen LogP contribution in [0.15, 0.2) is 30.3 Å². The first-order valence-electron chi connectivity index (χ1n) is 4.28. The molecule has 4 heteroatoms. The summed E-state index contributed by atoms with van der Waals surface area (Å²) in [6.07, 6.45) is 0. The minimum absolute atomic E-state index is 0.476. The Balaban J connectivity index is 2.75. The summed E-state index contributed by atoms with van der Waals surface area (Å²) in [5.41, 5.74) is 0.561. The van der Waals surface area contributed by atoms with Gasteiger partial charge in [-0.2, -0.15) is 0 Å². The average Bonchev–Trinajstić information content (AvgIpc) is 2.27. The van der Waals surface area contributed by atoms with Crippen LogP contribution in [-0.4, -0.2) is 24.3 Å². The molecular formula is C10H13NO3. The molecule has 0 saturated carbocycles. The van der Waals surface area contributed by atoms with Crippen LogP contribution in [0.3, 0.4) is 0 Å². The summed E-state index contributed by atoms with van der Waals surface area (Å²) < 4.78 is 4.51. The number of para-hydroxylation sites is 1. The second-order valence-corrected chi connectivity index (χ2v) is 2.88. The zero-order valence-electron chi connectivity index (χ0n) is 8.18. The molecule has 1 atom stereocenters. The van der Waals surface area contributed by atoms with Gasteiger partial charge in [0.05, 0.1) is 12.8 Å². The number of nitrogens with zero attached hydrogens (tertiary/aromatic N) is 1. The van der Waals surface area contributed by atoms with E-state index in [0.717, 1.165) is 5.06 Å². The van der Waals surface area contributed by atoms with Crippen LogP contribution in [0, 0.1) is 0 Å². The molecule has 0 fully saturated rings. The Morgan fingerprint density at radius 2 is 2.00 bits per heavy atom. The Hall–Kier alpha value is -1.55. The van der Waals surface area contributed by atoms with Gasteiger partial charge >= 0.3 is 5.97 Å². The number of rotatable bonds is 3. The summed E-state index contributed by atoms with van der Waals surface area (Å²) in [4.78, 5) is 11.1. The van der Waals surface area contributed by atoms with Crippen molar-refractivity contribution >= 4 is 11.7 Å². The summed E-state index contributed by atoms with van der Waals surface area (Å²) in [5, 5.41) is 10.5. The topological polar surface area (TPSA) is 49.8 Å². The van der Waals surface area contributed by atoms with Crippen molar-refractivity contribution in [3.05, 3.63) is 30.3 Å². The van der Waals surface area contributed by atoms with Crippen LogP contribution < -0.4 is 5.06 Å². The van der Waals surface area contributed by atoms with E-state index in [1.165, 1.54) is 7.11 Å². The molecule has 1 unspecified atom stereocenters. The van der Waals surface area contributed by atoms with Gasteiger partial charge in [0.2, 0.25) is 0 Å². The van der Waals surface area contributed by atoms with Crippen LogP contribution in [0.1, 0.15) is 6.92 Å². The van der Waals surface area contributed by atoms with Gasteiger partial charge in [-0.3, -0.25) is 5.21 Å². The number of hydrogen-bond donors (Lipinski definition) is 1. The Bertz CT molecular complexity index is 299. The van der Waals surface area contributed by atoms with E-state index < -0.39 is 12.0 Å². The fraction of sp³-hybridized carbons (Fsp3) is 0.300. The highest BCUT2D eigenvalue weighted by molar-refractivity contribution is 5.78. The highest BCUT2D eigenvalue weighted by Gasteiger charge is 2.20. The lowest BCUT2D eigenvalue weighted by Crippen LogP contribution is -2.37. The van der Waals surface area contributed by atoms with E-state index in [1.54, 1.807) is 31.2 Å². The molecule has 4 nitrogen and oxygen atoms in total. The van der Waals surface area contributed by atoms with E-state index >= 15 is 0 Å². The SMILES string of the molecule is COC(=O)C(C)N(O)c1ccccc1. The van der Waals surface area contributed by atoms with Crippen LogP contribution in [0.5, 0.6) is 0 Å². The van der Waals surface area contributed by atoms with E-state index in [9.17, 15) is 10.0 Å². The predicted molar refractivity (Wildman–Crippen MR) is 52.2 cm³/mol. The zero-order valence-corrected chi connectivity index (χ0v) is 8.18. The molecule has 0 bridgehead atoms. The summed E-state index contributed by atoms with van der Waals surface area (Å²) in [6, 6.07) is 8.10. The van der Waals surface area contributed by atoms with Crippen LogP contribution in [0.25, 0.3) is 0 Å². The number of ether oxygens (including phenoxy) is 1. The van der Waals surface area contributed by atoms with Crippen molar-refractivity contribution < 1.29 is 14.7 Å². The Morgan fingerprint density at radius 1 is 1.43 bits per heavy atom. The Labute approximate surface area is 82.7 Å². The number of carbonyl (C=O) groups excluding carboxylic acids is 1. The van der Waals surface area contributed by atoms with E-state index in [4.69, 9.17) is 0 Å². The predicted octanol–water partition coefficient (Wildman–Crippen LogP) is 1.44. The maximum Gasteiger partial charge on any atom is 0.330 e. The molecule has 0 aliphatic carbocycles. The first-order valence-corrected chi connectivity index (χ1v) is 4.28. The molecule has 1 aromatic carbocycles. The van der Waals surface area contributed by atoms with Crippen molar-refractivity contribution in [2.24, 2.45) is 0 Å². The number of carbonyl (C=O) groups is 1. The minimum Gasteiger partial charge on any atom is -0.467 e. The van der Waals surface area contributed by atoms with Gasteiger partial charge in [-0.25, -0.2) is 9.86 Å². The lowest BCUT2D eigenvalue weighted by atomic mass is 10.2. The lowest BCUT2D eigenvalue weighted by Gasteiger charge is -2.22. The maximum absolute atomic E-state index is 11.1. The van der Waals surface area contributed by atoms with Crippen molar-refractivity contribution in [2.75, 3.05) is 12.2 Å². The van der Waals surface area contributed by atoms with Crippen LogP contribution in [0.2, 0.25) is 0 Å². The molecule has 0 aliphatic heterocycles. The fourth-order valence-electron chi connectivity index (χ4n) is 1.07. The monoisotopic (exact) mass is 195 g/mol. The molecule has 0 aromatic heterocycles. The van der Waals surface area contributed by atoms with Crippen molar-refractivity contribution in [3.8, 4) is 0 Å². The summed E-state index contributed by atoms with van der Waals surface area (Å²) >= 11 is 0. The van der Waals surface area contributed by atoms with Crippen LogP contribution >= 0.6 is 0 Å². The molecular weight excluding hydrogens is 182 g/mol. The van der Waals surface area contributed by atoms with Crippen molar-refractivity contribution in [3.63, 3.8) is 0 Å². The molecule has 0 amide bonds. The van der Waals surface area contributed by atoms with Crippen LogP contribution in [-0.2, 0) is 9.53 Å². The average molecular weight is 195 g/mol. The first kappa shape index (κ1) is 10.5. The smallest absolute Gasteiger partial charge is 0.330 e. The summed E-state index contributed by atoms with van der Waals surface area (Å²) in [5.74, 6) is -0.476. The van der Waals surface area contributed by atoms with Gasteiger partial charge in [0.1, 0.15) is 0 Å². The summed E-state index contributed by atoms with van der Waals surface area (Å²) in [6.45, 7) is 1.57. The third-order valence-electron chi connectivity index (χ3n) is 1.93. The second-order valence-electron chi connectivity index (χ2n) is 2.88. The van der Waals surface area contributed by atoms with Crippen LogP contribution in [0.4, 0.5) is 5.69 Å².